The van der Waals surface area contributed by atoms with Crippen molar-refractivity contribution in [3.8, 4) is 0 Å². The molecule has 0 aliphatic carbocycles. The first-order valence-corrected chi connectivity index (χ1v) is 3.98. The van der Waals surface area contributed by atoms with Gasteiger partial charge in [0.1, 0.15) is 0 Å². The molecule has 0 rings (SSSR count). The highest BCUT2D eigenvalue weighted by atomic mass is 16.3. The molecule has 0 bridgehead atoms. The van der Waals surface area contributed by atoms with Crippen LogP contribution in [0.25, 0.3) is 0 Å². The van der Waals surface area contributed by atoms with E-state index in [0.717, 1.165) is 6.42 Å². The Morgan fingerprint density at radius 3 is 2.36 bits per heavy atom. The summed E-state index contributed by atoms with van der Waals surface area (Å²) in [5.74, 6) is 0. The zero-order valence-electron chi connectivity index (χ0n) is 7.25. The third kappa shape index (κ3) is 3.16. The first kappa shape index (κ1) is 10.8. The lowest BCUT2D eigenvalue weighted by molar-refractivity contribution is 0.105. The standard InChI is InChI=1S/C7H19N3O/c1-3-6(10-2)7(11)5(9)4-8/h5-7,10-11H,3-4,8-9H2,1-2H3. The van der Waals surface area contributed by atoms with Gasteiger partial charge in [-0.3, -0.25) is 0 Å². The second-order valence-corrected chi connectivity index (χ2v) is 2.69. The summed E-state index contributed by atoms with van der Waals surface area (Å²) in [6.45, 7) is 2.31. The molecule has 68 valence electrons. The molecule has 3 atom stereocenters. The number of nitrogens with two attached hydrogens (primary N) is 2. The molecule has 0 spiro atoms. The average Bonchev–Trinajstić information content (AvgIpc) is 2.05. The molecule has 0 fully saturated rings. The smallest absolute Gasteiger partial charge is 0.0855 e. The second kappa shape index (κ2) is 5.49. The minimum absolute atomic E-state index is 0.0496. The monoisotopic (exact) mass is 161 g/mol. The second-order valence-electron chi connectivity index (χ2n) is 2.69. The van der Waals surface area contributed by atoms with Crippen molar-refractivity contribution in [3.05, 3.63) is 0 Å². The maximum Gasteiger partial charge on any atom is 0.0855 e. The van der Waals surface area contributed by atoms with Crippen molar-refractivity contribution < 1.29 is 5.11 Å². The van der Waals surface area contributed by atoms with Gasteiger partial charge in [-0.05, 0) is 13.5 Å². The van der Waals surface area contributed by atoms with Crippen molar-refractivity contribution in [2.75, 3.05) is 13.6 Å². The maximum atomic E-state index is 9.51. The number of hydrogen-bond acceptors (Lipinski definition) is 4. The van der Waals surface area contributed by atoms with Crippen LogP contribution in [0.3, 0.4) is 0 Å². The molecule has 0 aromatic carbocycles. The number of rotatable bonds is 5. The van der Waals surface area contributed by atoms with Crippen molar-refractivity contribution in [1.29, 1.82) is 0 Å². The van der Waals surface area contributed by atoms with Gasteiger partial charge in [0.05, 0.1) is 6.10 Å². The van der Waals surface area contributed by atoms with Gasteiger partial charge in [0.2, 0.25) is 0 Å². The summed E-state index contributed by atoms with van der Waals surface area (Å²) in [5, 5.41) is 12.5. The van der Waals surface area contributed by atoms with E-state index in [1.165, 1.54) is 0 Å². The van der Waals surface area contributed by atoms with E-state index in [1.54, 1.807) is 7.05 Å². The van der Waals surface area contributed by atoms with Gasteiger partial charge in [0.15, 0.2) is 0 Å². The van der Waals surface area contributed by atoms with E-state index >= 15 is 0 Å². The summed E-state index contributed by atoms with van der Waals surface area (Å²) in [4.78, 5) is 0. The first-order valence-electron chi connectivity index (χ1n) is 3.98. The lowest BCUT2D eigenvalue weighted by atomic mass is 10.0. The molecule has 0 aromatic rings. The van der Waals surface area contributed by atoms with Crippen molar-refractivity contribution in [3.63, 3.8) is 0 Å². The quantitative estimate of drug-likeness (QED) is 0.401. The summed E-state index contributed by atoms with van der Waals surface area (Å²) in [5.41, 5.74) is 10.9. The number of hydrogen-bond donors (Lipinski definition) is 4. The molecular weight excluding hydrogens is 142 g/mol. The van der Waals surface area contributed by atoms with Gasteiger partial charge in [-0.25, -0.2) is 0 Å². The summed E-state index contributed by atoms with van der Waals surface area (Å²) in [7, 11) is 1.81. The highest BCUT2D eigenvalue weighted by Gasteiger charge is 2.20. The van der Waals surface area contributed by atoms with Crippen LogP contribution >= 0.6 is 0 Å². The Hall–Kier alpha value is -0.160. The highest BCUT2D eigenvalue weighted by molar-refractivity contribution is 4.82. The average molecular weight is 161 g/mol. The van der Waals surface area contributed by atoms with E-state index in [0.29, 0.717) is 6.54 Å². The van der Waals surface area contributed by atoms with Gasteiger partial charge < -0.3 is 21.9 Å². The Kier molecular flexibility index (Phi) is 5.41. The number of nitrogens with one attached hydrogen (secondary N) is 1. The topological polar surface area (TPSA) is 84.3 Å². The van der Waals surface area contributed by atoms with Gasteiger partial charge in [-0.15, -0.1) is 0 Å². The predicted molar refractivity (Wildman–Crippen MR) is 46.2 cm³/mol. The van der Waals surface area contributed by atoms with Gasteiger partial charge in [-0.1, -0.05) is 6.92 Å². The van der Waals surface area contributed by atoms with E-state index in [9.17, 15) is 5.11 Å². The van der Waals surface area contributed by atoms with Crippen molar-refractivity contribution in [1.82, 2.24) is 5.32 Å². The highest BCUT2D eigenvalue weighted by Crippen LogP contribution is 2.00. The van der Waals surface area contributed by atoms with Crippen LogP contribution in [-0.2, 0) is 0 Å². The SMILES string of the molecule is CCC(NC)C(O)C(N)CN. The molecule has 4 heteroatoms. The molecular formula is C7H19N3O. The Morgan fingerprint density at radius 2 is 2.09 bits per heavy atom. The Morgan fingerprint density at radius 1 is 1.55 bits per heavy atom. The molecule has 4 nitrogen and oxygen atoms in total. The normalized spacial score (nSPS) is 19.4. The van der Waals surface area contributed by atoms with Gasteiger partial charge in [0, 0.05) is 18.6 Å². The molecule has 0 radical (unpaired) electrons. The predicted octanol–water partition coefficient (Wildman–Crippen LogP) is -1.37. The molecule has 0 heterocycles. The zero-order valence-corrected chi connectivity index (χ0v) is 7.25. The molecule has 3 unspecified atom stereocenters. The van der Waals surface area contributed by atoms with Crippen LogP contribution in [0, 0.1) is 0 Å². The van der Waals surface area contributed by atoms with Crippen LogP contribution in [0.5, 0.6) is 0 Å². The molecule has 0 aliphatic rings. The van der Waals surface area contributed by atoms with E-state index in [1.807, 2.05) is 6.92 Å². The molecule has 0 aromatic heterocycles. The van der Waals surface area contributed by atoms with Crippen LogP contribution < -0.4 is 16.8 Å². The minimum atomic E-state index is -0.546. The molecule has 0 saturated carbocycles. The summed E-state index contributed by atoms with van der Waals surface area (Å²) < 4.78 is 0. The fourth-order valence-corrected chi connectivity index (χ4v) is 1.05. The summed E-state index contributed by atoms with van der Waals surface area (Å²) in [6, 6.07) is -0.277. The number of likely N-dealkylation sites (N-methyl/N-ethyl adjacent to an activating group) is 1. The molecule has 0 saturated heterocycles. The lowest BCUT2D eigenvalue weighted by Crippen LogP contribution is -2.51. The van der Waals surface area contributed by atoms with Crippen molar-refractivity contribution in [2.24, 2.45) is 11.5 Å². The van der Waals surface area contributed by atoms with E-state index in [-0.39, 0.29) is 12.1 Å². The van der Waals surface area contributed by atoms with Crippen molar-refractivity contribution in [2.45, 2.75) is 31.5 Å². The van der Waals surface area contributed by atoms with Crippen molar-refractivity contribution >= 4 is 0 Å². The van der Waals surface area contributed by atoms with Crippen LogP contribution in [0.1, 0.15) is 13.3 Å². The third-order valence-electron chi connectivity index (χ3n) is 1.93. The minimum Gasteiger partial charge on any atom is -0.390 e. The van der Waals surface area contributed by atoms with E-state index in [2.05, 4.69) is 5.32 Å². The fourth-order valence-electron chi connectivity index (χ4n) is 1.05. The van der Waals surface area contributed by atoms with Gasteiger partial charge in [0.25, 0.3) is 0 Å². The zero-order chi connectivity index (χ0) is 8.85. The molecule has 6 N–H and O–H groups in total. The molecule has 0 aliphatic heterocycles. The van der Waals surface area contributed by atoms with Crippen LogP contribution in [0.4, 0.5) is 0 Å². The Balaban J connectivity index is 3.86. The van der Waals surface area contributed by atoms with E-state index < -0.39 is 6.10 Å². The summed E-state index contributed by atoms with van der Waals surface area (Å²) >= 11 is 0. The van der Waals surface area contributed by atoms with Crippen LogP contribution in [0.2, 0.25) is 0 Å². The fraction of sp³-hybridized carbons (Fsp3) is 1.00. The van der Waals surface area contributed by atoms with Crippen LogP contribution in [-0.4, -0.2) is 36.9 Å². The Labute approximate surface area is 68.0 Å². The maximum absolute atomic E-state index is 9.51. The lowest BCUT2D eigenvalue weighted by Gasteiger charge is -2.25. The molecule has 0 amide bonds. The Bertz CT molecular complexity index is 95.7. The van der Waals surface area contributed by atoms with Gasteiger partial charge >= 0.3 is 0 Å². The molecule has 11 heavy (non-hydrogen) atoms. The number of aliphatic hydroxyl groups excluding tert-OH is 1. The van der Waals surface area contributed by atoms with Crippen LogP contribution in [0.15, 0.2) is 0 Å². The number of aliphatic hydroxyl groups is 1. The van der Waals surface area contributed by atoms with E-state index in [4.69, 9.17) is 11.5 Å². The third-order valence-corrected chi connectivity index (χ3v) is 1.93. The summed E-state index contributed by atoms with van der Waals surface area (Å²) in [6.07, 6.45) is 0.306. The van der Waals surface area contributed by atoms with Gasteiger partial charge in [-0.2, -0.15) is 0 Å². The first-order chi connectivity index (χ1) is 5.17. The largest absolute Gasteiger partial charge is 0.390 e.